The number of carbonyl (C=O) groups excluding carboxylic acids is 2. The van der Waals surface area contributed by atoms with Gasteiger partial charge in [0, 0.05) is 31.0 Å². The molecule has 0 heterocycles. The van der Waals surface area contributed by atoms with Crippen LogP contribution >= 0.6 is 0 Å². The topological polar surface area (TPSA) is 46.2 Å². The van der Waals surface area contributed by atoms with Gasteiger partial charge in [0.25, 0.3) is 0 Å². The van der Waals surface area contributed by atoms with Crippen LogP contribution in [0.3, 0.4) is 0 Å². The molecular weight excluding hydrogens is 214 g/mol. The number of Topliss-reactive ketones (excluding diaryl/α,β-unsaturated/α-hetero) is 1. The molecule has 1 N–H and O–H groups in total. The molecule has 3 heteroatoms. The largest absolute Gasteiger partial charge is 0.355 e. The summed E-state index contributed by atoms with van der Waals surface area (Å²) in [7, 11) is 0. The Morgan fingerprint density at radius 3 is 2.59 bits per heavy atom. The lowest BCUT2D eigenvalue weighted by atomic mass is 10.0. The Kier molecular flexibility index (Phi) is 4.96. The zero-order chi connectivity index (χ0) is 12.7. The molecule has 1 amide bonds. The number of ketones is 1. The Balaban J connectivity index is 2.65. The SMILES string of the molecule is CC(=O)NCCC#Cc1ccccc1C(C)=O. The molecular formula is C14H15NO2. The van der Waals surface area contributed by atoms with E-state index in [-0.39, 0.29) is 11.7 Å². The van der Waals surface area contributed by atoms with Crippen molar-refractivity contribution in [2.24, 2.45) is 0 Å². The van der Waals surface area contributed by atoms with E-state index < -0.39 is 0 Å². The second kappa shape index (κ2) is 6.49. The molecule has 0 spiro atoms. The van der Waals surface area contributed by atoms with Crippen LogP contribution in [0.2, 0.25) is 0 Å². The average molecular weight is 229 g/mol. The van der Waals surface area contributed by atoms with E-state index in [9.17, 15) is 9.59 Å². The molecule has 1 aromatic rings. The van der Waals surface area contributed by atoms with Gasteiger partial charge in [0.05, 0.1) is 0 Å². The van der Waals surface area contributed by atoms with Gasteiger partial charge in [-0.25, -0.2) is 0 Å². The summed E-state index contributed by atoms with van der Waals surface area (Å²) in [5, 5.41) is 2.66. The second-order valence-electron chi connectivity index (χ2n) is 3.64. The fourth-order valence-corrected chi connectivity index (χ4v) is 1.36. The third-order valence-electron chi connectivity index (χ3n) is 2.15. The minimum Gasteiger partial charge on any atom is -0.355 e. The van der Waals surface area contributed by atoms with Crippen molar-refractivity contribution in [1.29, 1.82) is 0 Å². The van der Waals surface area contributed by atoms with Gasteiger partial charge in [-0.05, 0) is 13.0 Å². The van der Waals surface area contributed by atoms with E-state index in [1.165, 1.54) is 13.8 Å². The highest BCUT2D eigenvalue weighted by Crippen LogP contribution is 2.07. The highest BCUT2D eigenvalue weighted by Gasteiger charge is 2.02. The van der Waals surface area contributed by atoms with Gasteiger partial charge in [-0.15, -0.1) is 0 Å². The molecule has 0 fully saturated rings. The predicted octanol–water partition coefficient (Wildman–Crippen LogP) is 1.77. The zero-order valence-electron chi connectivity index (χ0n) is 10.0. The van der Waals surface area contributed by atoms with Crippen LogP contribution in [0.5, 0.6) is 0 Å². The first-order valence-electron chi connectivity index (χ1n) is 5.44. The van der Waals surface area contributed by atoms with Gasteiger partial charge in [0.2, 0.25) is 5.91 Å². The van der Waals surface area contributed by atoms with Gasteiger partial charge >= 0.3 is 0 Å². The smallest absolute Gasteiger partial charge is 0.216 e. The minimum atomic E-state index is -0.0593. The monoisotopic (exact) mass is 229 g/mol. The summed E-state index contributed by atoms with van der Waals surface area (Å²) in [6.45, 7) is 3.53. The fraction of sp³-hybridized carbons (Fsp3) is 0.286. The third kappa shape index (κ3) is 4.52. The van der Waals surface area contributed by atoms with Gasteiger partial charge < -0.3 is 5.32 Å². The summed E-state index contributed by atoms with van der Waals surface area (Å²) in [5.74, 6) is 5.83. The van der Waals surface area contributed by atoms with E-state index in [0.717, 1.165) is 5.56 Å². The van der Waals surface area contributed by atoms with Crippen LogP contribution in [0.1, 0.15) is 36.2 Å². The van der Waals surface area contributed by atoms with Crippen LogP contribution in [-0.4, -0.2) is 18.2 Å². The maximum atomic E-state index is 11.3. The molecule has 17 heavy (non-hydrogen) atoms. The first-order valence-corrected chi connectivity index (χ1v) is 5.44. The molecule has 0 aliphatic heterocycles. The molecule has 1 aromatic carbocycles. The van der Waals surface area contributed by atoms with Crippen molar-refractivity contribution >= 4 is 11.7 Å². The standard InChI is InChI=1S/C14H15NO2/c1-11(16)14-9-4-3-7-13(14)8-5-6-10-15-12(2)17/h3-4,7,9H,6,10H2,1-2H3,(H,15,17). The van der Waals surface area contributed by atoms with Crippen molar-refractivity contribution < 1.29 is 9.59 Å². The van der Waals surface area contributed by atoms with Crippen LogP contribution in [0.4, 0.5) is 0 Å². The summed E-state index contributed by atoms with van der Waals surface area (Å²) >= 11 is 0. The predicted molar refractivity (Wildman–Crippen MR) is 66.6 cm³/mol. The number of nitrogens with one attached hydrogen (secondary N) is 1. The Bertz CT molecular complexity index is 480. The first kappa shape index (κ1) is 13.0. The Hall–Kier alpha value is -2.08. The summed E-state index contributed by atoms with van der Waals surface area (Å²) < 4.78 is 0. The number of hydrogen-bond donors (Lipinski definition) is 1. The van der Waals surface area contributed by atoms with Crippen molar-refractivity contribution in [1.82, 2.24) is 5.32 Å². The number of hydrogen-bond acceptors (Lipinski definition) is 2. The lowest BCUT2D eigenvalue weighted by molar-refractivity contribution is -0.118. The molecule has 3 nitrogen and oxygen atoms in total. The molecule has 0 aliphatic rings. The molecule has 0 saturated heterocycles. The van der Waals surface area contributed by atoms with Gasteiger partial charge in [0.15, 0.2) is 5.78 Å². The van der Waals surface area contributed by atoms with Gasteiger partial charge in [-0.2, -0.15) is 0 Å². The van der Waals surface area contributed by atoms with Crippen LogP contribution in [0.15, 0.2) is 24.3 Å². The van der Waals surface area contributed by atoms with E-state index in [1.54, 1.807) is 6.07 Å². The second-order valence-corrected chi connectivity index (χ2v) is 3.64. The molecule has 0 radical (unpaired) electrons. The zero-order valence-corrected chi connectivity index (χ0v) is 10.0. The first-order chi connectivity index (χ1) is 8.11. The maximum Gasteiger partial charge on any atom is 0.216 e. The lowest BCUT2D eigenvalue weighted by Crippen LogP contribution is -2.20. The van der Waals surface area contributed by atoms with Crippen LogP contribution in [0.25, 0.3) is 0 Å². The van der Waals surface area contributed by atoms with E-state index >= 15 is 0 Å². The number of benzene rings is 1. The summed E-state index contributed by atoms with van der Waals surface area (Å²) in [6, 6.07) is 7.26. The van der Waals surface area contributed by atoms with Crippen LogP contribution < -0.4 is 5.32 Å². The molecule has 1 rings (SSSR count). The van der Waals surface area contributed by atoms with Gasteiger partial charge in [-0.3, -0.25) is 9.59 Å². The number of amides is 1. The minimum absolute atomic E-state index is 0.0109. The molecule has 0 unspecified atom stereocenters. The summed E-state index contributed by atoms with van der Waals surface area (Å²) in [4.78, 5) is 21.9. The normalized spacial score (nSPS) is 9.06. The van der Waals surface area contributed by atoms with Crippen molar-refractivity contribution in [2.45, 2.75) is 20.3 Å². The van der Waals surface area contributed by atoms with Gasteiger partial charge in [-0.1, -0.05) is 30.0 Å². The summed E-state index contributed by atoms with van der Waals surface area (Å²) in [6.07, 6.45) is 0.575. The Labute approximate surface area is 101 Å². The third-order valence-corrected chi connectivity index (χ3v) is 2.15. The Morgan fingerprint density at radius 2 is 1.94 bits per heavy atom. The van der Waals surface area contributed by atoms with Crippen molar-refractivity contribution in [3.8, 4) is 11.8 Å². The maximum absolute atomic E-state index is 11.3. The molecule has 0 aliphatic carbocycles. The molecule has 0 aromatic heterocycles. The highest BCUT2D eigenvalue weighted by molar-refractivity contribution is 5.96. The van der Waals surface area contributed by atoms with Crippen molar-refractivity contribution in [3.63, 3.8) is 0 Å². The van der Waals surface area contributed by atoms with Crippen molar-refractivity contribution in [2.75, 3.05) is 6.54 Å². The molecule has 88 valence electrons. The van der Waals surface area contributed by atoms with Crippen LogP contribution in [-0.2, 0) is 4.79 Å². The van der Waals surface area contributed by atoms with E-state index in [1.807, 2.05) is 18.2 Å². The Morgan fingerprint density at radius 1 is 1.24 bits per heavy atom. The summed E-state index contributed by atoms with van der Waals surface area (Å²) in [5.41, 5.74) is 1.38. The van der Waals surface area contributed by atoms with E-state index in [0.29, 0.717) is 18.5 Å². The lowest BCUT2D eigenvalue weighted by Gasteiger charge is -1.98. The fourth-order valence-electron chi connectivity index (χ4n) is 1.36. The van der Waals surface area contributed by atoms with E-state index in [4.69, 9.17) is 0 Å². The molecule has 0 bridgehead atoms. The average Bonchev–Trinajstić information content (AvgIpc) is 2.28. The molecule has 0 saturated carbocycles. The van der Waals surface area contributed by atoms with Crippen LogP contribution in [0, 0.1) is 11.8 Å². The van der Waals surface area contributed by atoms with E-state index in [2.05, 4.69) is 17.2 Å². The molecule has 0 atom stereocenters. The quantitative estimate of drug-likeness (QED) is 0.488. The number of carbonyl (C=O) groups is 2. The highest BCUT2D eigenvalue weighted by atomic mass is 16.1. The number of rotatable bonds is 3. The van der Waals surface area contributed by atoms with Crippen molar-refractivity contribution in [3.05, 3.63) is 35.4 Å². The van der Waals surface area contributed by atoms with Gasteiger partial charge in [0.1, 0.15) is 0 Å².